The highest BCUT2D eigenvalue weighted by molar-refractivity contribution is 7.91. The molecule has 18 heavy (non-hydrogen) atoms. The van der Waals surface area contributed by atoms with E-state index in [-0.39, 0.29) is 23.5 Å². The zero-order valence-electron chi connectivity index (χ0n) is 10.3. The van der Waals surface area contributed by atoms with Gasteiger partial charge < -0.3 is 9.88 Å². The van der Waals surface area contributed by atoms with E-state index in [1.165, 1.54) is 0 Å². The van der Waals surface area contributed by atoms with E-state index in [4.69, 9.17) is 0 Å². The molecule has 1 aromatic heterocycles. The van der Waals surface area contributed by atoms with Crippen molar-refractivity contribution >= 4 is 15.7 Å². The van der Waals surface area contributed by atoms with Gasteiger partial charge in [0.2, 0.25) is 5.91 Å². The number of H-pyrrole nitrogens is 1. The summed E-state index contributed by atoms with van der Waals surface area (Å²) in [7, 11) is -1.26. The summed E-state index contributed by atoms with van der Waals surface area (Å²) >= 11 is 0. The van der Waals surface area contributed by atoms with Crippen molar-refractivity contribution < 1.29 is 13.2 Å². The molecule has 7 heteroatoms. The van der Waals surface area contributed by atoms with E-state index in [9.17, 15) is 13.2 Å². The molecular weight excluding hydrogens is 254 g/mol. The van der Waals surface area contributed by atoms with Crippen LogP contribution in [0.25, 0.3) is 0 Å². The lowest BCUT2D eigenvalue weighted by atomic mass is 10.2. The molecule has 6 nitrogen and oxygen atoms in total. The number of nitrogens with one attached hydrogen (secondary N) is 1. The van der Waals surface area contributed by atoms with E-state index in [0.29, 0.717) is 19.3 Å². The van der Waals surface area contributed by atoms with Crippen LogP contribution in [0, 0.1) is 0 Å². The predicted octanol–water partition coefficient (Wildman–Crippen LogP) is -0.0122. The minimum Gasteiger partial charge on any atom is -0.348 e. The van der Waals surface area contributed by atoms with Gasteiger partial charge in [-0.1, -0.05) is 0 Å². The lowest BCUT2D eigenvalue weighted by Crippen LogP contribution is -2.37. The van der Waals surface area contributed by atoms with Crippen molar-refractivity contribution in [3.63, 3.8) is 0 Å². The van der Waals surface area contributed by atoms with E-state index in [0.717, 1.165) is 5.69 Å². The number of imidazole rings is 1. The second kappa shape index (κ2) is 5.09. The summed E-state index contributed by atoms with van der Waals surface area (Å²) in [6.45, 7) is 0. The standard InChI is InChI=1S/C11H17N3O3S/c1-14(10-4-5-18(16,17)7-10)11(15)3-2-9-6-12-8-13-9/h6,8,10H,2-5,7H2,1H3,(H,12,13). The summed E-state index contributed by atoms with van der Waals surface area (Å²) < 4.78 is 22.7. The minimum absolute atomic E-state index is 0.0216. The number of rotatable bonds is 4. The van der Waals surface area contributed by atoms with Crippen molar-refractivity contribution in [1.82, 2.24) is 14.9 Å². The molecule has 0 saturated carbocycles. The van der Waals surface area contributed by atoms with Gasteiger partial charge in [0.1, 0.15) is 0 Å². The van der Waals surface area contributed by atoms with Gasteiger partial charge >= 0.3 is 0 Å². The lowest BCUT2D eigenvalue weighted by molar-refractivity contribution is -0.131. The van der Waals surface area contributed by atoms with Crippen LogP contribution in [-0.2, 0) is 21.1 Å². The Hall–Kier alpha value is -1.37. The van der Waals surface area contributed by atoms with E-state index in [2.05, 4.69) is 9.97 Å². The Kier molecular flexibility index (Phi) is 3.70. The van der Waals surface area contributed by atoms with Gasteiger partial charge in [-0.05, 0) is 12.8 Å². The highest BCUT2D eigenvalue weighted by Crippen LogP contribution is 2.17. The maximum absolute atomic E-state index is 11.9. The number of aromatic nitrogens is 2. The molecule has 2 rings (SSSR count). The molecule has 1 N–H and O–H groups in total. The summed E-state index contributed by atoms with van der Waals surface area (Å²) in [4.78, 5) is 20.3. The highest BCUT2D eigenvalue weighted by Gasteiger charge is 2.32. The number of hydrogen-bond acceptors (Lipinski definition) is 4. The van der Waals surface area contributed by atoms with Crippen LogP contribution < -0.4 is 0 Å². The average Bonchev–Trinajstić information content (AvgIpc) is 2.94. The first kappa shape index (κ1) is 13.1. The molecular formula is C11H17N3O3S. The Morgan fingerprint density at radius 1 is 1.61 bits per heavy atom. The molecule has 1 aromatic rings. The van der Waals surface area contributed by atoms with Gasteiger partial charge in [-0.25, -0.2) is 13.4 Å². The predicted molar refractivity (Wildman–Crippen MR) is 66.7 cm³/mol. The quantitative estimate of drug-likeness (QED) is 0.834. The Bertz CT molecular complexity index is 510. The first-order valence-corrected chi connectivity index (χ1v) is 7.73. The second-order valence-corrected chi connectivity index (χ2v) is 6.87. The lowest BCUT2D eigenvalue weighted by Gasteiger charge is -2.23. The second-order valence-electron chi connectivity index (χ2n) is 4.64. The molecule has 1 aliphatic rings. The molecule has 0 spiro atoms. The summed E-state index contributed by atoms with van der Waals surface area (Å²) in [6.07, 6.45) is 4.78. The molecule has 1 aliphatic heterocycles. The van der Waals surface area contributed by atoms with Crippen molar-refractivity contribution in [2.45, 2.75) is 25.3 Å². The zero-order valence-corrected chi connectivity index (χ0v) is 11.1. The fourth-order valence-electron chi connectivity index (χ4n) is 2.12. The minimum atomic E-state index is -2.94. The van der Waals surface area contributed by atoms with Crippen LogP contribution in [0.3, 0.4) is 0 Å². The number of sulfone groups is 1. The molecule has 1 fully saturated rings. The number of aryl methyl sites for hydroxylation is 1. The topological polar surface area (TPSA) is 83.1 Å². The molecule has 1 amide bonds. The number of carbonyl (C=O) groups is 1. The van der Waals surface area contributed by atoms with E-state index < -0.39 is 9.84 Å². The fourth-order valence-corrected chi connectivity index (χ4v) is 3.90. The van der Waals surface area contributed by atoms with Gasteiger partial charge in [0.25, 0.3) is 0 Å². The Balaban J connectivity index is 1.85. The molecule has 2 heterocycles. The van der Waals surface area contributed by atoms with Crippen LogP contribution >= 0.6 is 0 Å². The first-order valence-electron chi connectivity index (χ1n) is 5.91. The Labute approximate surface area is 106 Å². The summed E-state index contributed by atoms with van der Waals surface area (Å²) in [5.74, 6) is 0.265. The van der Waals surface area contributed by atoms with Gasteiger partial charge in [0, 0.05) is 31.4 Å². The Morgan fingerprint density at radius 2 is 2.39 bits per heavy atom. The number of nitrogens with zero attached hydrogens (tertiary/aromatic N) is 2. The van der Waals surface area contributed by atoms with Crippen LogP contribution in [0.4, 0.5) is 0 Å². The number of carbonyl (C=O) groups excluding carboxylic acids is 1. The van der Waals surface area contributed by atoms with Gasteiger partial charge in [-0.15, -0.1) is 0 Å². The fraction of sp³-hybridized carbons (Fsp3) is 0.636. The largest absolute Gasteiger partial charge is 0.348 e. The van der Waals surface area contributed by atoms with Crippen LogP contribution in [0.5, 0.6) is 0 Å². The van der Waals surface area contributed by atoms with E-state index in [1.807, 2.05) is 0 Å². The third kappa shape index (κ3) is 3.10. The van der Waals surface area contributed by atoms with Crippen molar-refractivity contribution in [1.29, 1.82) is 0 Å². The zero-order chi connectivity index (χ0) is 13.2. The van der Waals surface area contributed by atoms with Crippen molar-refractivity contribution in [3.05, 3.63) is 18.2 Å². The van der Waals surface area contributed by atoms with Crippen LogP contribution in [0.1, 0.15) is 18.5 Å². The monoisotopic (exact) mass is 271 g/mol. The molecule has 0 bridgehead atoms. The van der Waals surface area contributed by atoms with E-state index >= 15 is 0 Å². The van der Waals surface area contributed by atoms with Gasteiger partial charge in [0.15, 0.2) is 9.84 Å². The van der Waals surface area contributed by atoms with Gasteiger partial charge in [-0.2, -0.15) is 0 Å². The maximum Gasteiger partial charge on any atom is 0.222 e. The smallest absolute Gasteiger partial charge is 0.222 e. The maximum atomic E-state index is 11.9. The normalized spacial score (nSPS) is 21.9. The Morgan fingerprint density at radius 3 is 2.94 bits per heavy atom. The highest BCUT2D eigenvalue weighted by atomic mass is 32.2. The van der Waals surface area contributed by atoms with Crippen molar-refractivity contribution in [3.8, 4) is 0 Å². The number of amides is 1. The SMILES string of the molecule is CN(C(=O)CCc1cnc[nH]1)C1CCS(=O)(=O)C1. The molecule has 100 valence electrons. The molecule has 1 unspecified atom stereocenters. The molecule has 1 atom stereocenters. The first-order chi connectivity index (χ1) is 8.48. The van der Waals surface area contributed by atoms with Crippen molar-refractivity contribution in [2.24, 2.45) is 0 Å². The van der Waals surface area contributed by atoms with Gasteiger partial charge in [-0.3, -0.25) is 4.79 Å². The summed E-state index contributed by atoms with van der Waals surface area (Å²) in [6, 6.07) is -0.163. The summed E-state index contributed by atoms with van der Waals surface area (Å²) in [5, 5.41) is 0. The van der Waals surface area contributed by atoms with E-state index in [1.54, 1.807) is 24.5 Å². The van der Waals surface area contributed by atoms with Crippen LogP contribution in [0.15, 0.2) is 12.5 Å². The van der Waals surface area contributed by atoms with Crippen molar-refractivity contribution in [2.75, 3.05) is 18.6 Å². The molecule has 0 aliphatic carbocycles. The van der Waals surface area contributed by atoms with Gasteiger partial charge in [0.05, 0.1) is 17.8 Å². The van der Waals surface area contributed by atoms with Crippen LogP contribution in [-0.4, -0.2) is 53.8 Å². The number of aromatic amines is 1. The third-order valence-electron chi connectivity index (χ3n) is 3.31. The molecule has 1 saturated heterocycles. The average molecular weight is 271 g/mol. The summed E-state index contributed by atoms with van der Waals surface area (Å²) in [5.41, 5.74) is 0.913. The number of hydrogen-bond donors (Lipinski definition) is 1. The third-order valence-corrected chi connectivity index (χ3v) is 5.06. The molecule has 0 aromatic carbocycles. The molecule has 0 radical (unpaired) electrons. The van der Waals surface area contributed by atoms with Crippen LogP contribution in [0.2, 0.25) is 0 Å².